The maximum absolute atomic E-state index is 13.6. The topological polar surface area (TPSA) is 137 Å². The second-order valence-corrected chi connectivity index (χ2v) is 11.8. The highest BCUT2D eigenvalue weighted by molar-refractivity contribution is 7.82. The van der Waals surface area contributed by atoms with Crippen LogP contribution in [-0.4, -0.2) is 91.6 Å². The molecule has 228 valence electrons. The molecule has 0 saturated carbocycles. The van der Waals surface area contributed by atoms with Crippen LogP contribution in [0.25, 0.3) is 0 Å². The Morgan fingerprint density at radius 1 is 1.19 bits per heavy atom. The number of carbonyl (C=O) groups excluding carboxylic acids is 1. The molecule has 5 rings (SSSR count). The molecule has 0 aliphatic carbocycles. The Balaban J connectivity index is 0.00000158. The van der Waals surface area contributed by atoms with Crippen molar-refractivity contribution in [2.24, 2.45) is 0 Å². The summed E-state index contributed by atoms with van der Waals surface area (Å²) in [6, 6.07) is 10.3. The summed E-state index contributed by atoms with van der Waals surface area (Å²) in [5, 5.41) is 9.45. The Labute approximate surface area is 251 Å². The monoisotopic (exact) mass is 597 g/mol. The van der Waals surface area contributed by atoms with E-state index in [1.807, 2.05) is 49.3 Å². The molecular weight excluding hydrogens is 554 g/mol. The number of hydrogen-bond acceptors (Lipinski definition) is 8. The van der Waals surface area contributed by atoms with E-state index in [0.717, 1.165) is 46.9 Å². The van der Waals surface area contributed by atoms with Gasteiger partial charge in [-0.15, -0.1) is 0 Å². The highest BCUT2D eigenvalue weighted by atomic mass is 32.2. The van der Waals surface area contributed by atoms with Crippen LogP contribution in [0.15, 0.2) is 41.8 Å². The third-order valence-electron chi connectivity index (χ3n) is 7.87. The molecule has 2 aromatic rings. The van der Waals surface area contributed by atoms with Gasteiger partial charge in [-0.25, -0.2) is 8.51 Å². The molecule has 3 atom stereocenters. The van der Waals surface area contributed by atoms with Gasteiger partial charge < -0.3 is 24.9 Å². The molecule has 1 amide bonds. The lowest BCUT2D eigenvalue weighted by Gasteiger charge is -2.41. The third kappa shape index (κ3) is 7.15. The second-order valence-electron chi connectivity index (χ2n) is 10.4. The number of aromatic nitrogens is 2. The first-order valence-corrected chi connectivity index (χ1v) is 15.5. The Bertz CT molecular complexity index is 1320. The van der Waals surface area contributed by atoms with E-state index in [9.17, 15) is 14.3 Å². The Hall–Kier alpha value is -3.37. The predicted octanol–water partition coefficient (Wildman–Crippen LogP) is 2.61. The first-order chi connectivity index (χ1) is 19.9. The van der Waals surface area contributed by atoms with Crippen LogP contribution in [0.5, 0.6) is 6.01 Å². The Morgan fingerprint density at radius 3 is 2.62 bits per heavy atom. The Kier molecular flexibility index (Phi) is 12.0. The molecule has 2 N–H and O–H groups in total. The van der Waals surface area contributed by atoms with Crippen LogP contribution in [0.2, 0.25) is 0 Å². The molecule has 12 heteroatoms. The fourth-order valence-electron chi connectivity index (χ4n) is 5.62. The van der Waals surface area contributed by atoms with Gasteiger partial charge in [0.15, 0.2) is 0 Å². The van der Waals surface area contributed by atoms with Crippen LogP contribution in [0, 0.1) is 18.3 Å². The fourth-order valence-corrected chi connectivity index (χ4v) is 6.92. The van der Waals surface area contributed by atoms with Crippen LogP contribution >= 0.6 is 0 Å². The van der Waals surface area contributed by atoms with E-state index >= 15 is 0 Å². The number of nitrogens with zero attached hydrogens (tertiary/aromatic N) is 7. The highest BCUT2D eigenvalue weighted by Gasteiger charge is 2.36. The van der Waals surface area contributed by atoms with Crippen LogP contribution in [-0.2, 0) is 28.9 Å². The molecule has 11 nitrogen and oxygen atoms in total. The van der Waals surface area contributed by atoms with Gasteiger partial charge in [-0.3, -0.25) is 4.79 Å². The number of ether oxygens (including phenoxy) is 1. The largest absolute Gasteiger partial charge is 0.462 e. The number of rotatable bonds is 8. The normalized spacial score (nSPS) is 20.9. The highest BCUT2D eigenvalue weighted by Crippen LogP contribution is 2.35. The number of piperazine rings is 1. The lowest BCUT2D eigenvalue weighted by atomic mass is 10.1. The first-order valence-electron chi connectivity index (χ1n) is 14.4. The molecule has 1 unspecified atom stereocenters. The van der Waals surface area contributed by atoms with Crippen molar-refractivity contribution in [1.29, 1.82) is 5.26 Å². The molecule has 3 aliphatic rings. The lowest BCUT2D eigenvalue weighted by molar-refractivity contribution is -0.128. The predicted molar refractivity (Wildman–Crippen MR) is 163 cm³/mol. The number of likely N-dealkylation sites (N-methyl/N-ethyl adjacent to an activating group) is 1. The van der Waals surface area contributed by atoms with Crippen molar-refractivity contribution >= 4 is 22.7 Å². The molecular formula is C30H43N7O4S. The number of carbonyl (C=O) groups is 1. The third-order valence-corrected chi connectivity index (χ3v) is 9.43. The van der Waals surface area contributed by atoms with E-state index in [1.165, 1.54) is 6.08 Å². The number of likely N-dealkylation sites (tertiary alicyclic amines) is 1. The minimum atomic E-state index is -1.36. The zero-order valence-electron chi connectivity index (χ0n) is 25.1. The SMILES string of the molecule is C=CC(=O)N1CCN(c2nc(OC[C@@H]3CCCN3C)nc3c2CN(S(=O)c2ccccc2C)C3)C[C@@H]1CC#N.CC.O. The summed E-state index contributed by atoms with van der Waals surface area (Å²) in [7, 11) is 0.748. The van der Waals surface area contributed by atoms with E-state index in [1.54, 1.807) is 4.90 Å². The van der Waals surface area contributed by atoms with Crippen molar-refractivity contribution in [3.05, 3.63) is 53.7 Å². The summed E-state index contributed by atoms with van der Waals surface area (Å²) < 4.78 is 21.6. The molecule has 0 bridgehead atoms. The molecule has 1 aromatic carbocycles. The summed E-state index contributed by atoms with van der Waals surface area (Å²) >= 11 is 0. The summed E-state index contributed by atoms with van der Waals surface area (Å²) in [6.45, 7) is 13.5. The van der Waals surface area contributed by atoms with Gasteiger partial charge in [0.05, 0.1) is 35.7 Å². The van der Waals surface area contributed by atoms with Gasteiger partial charge in [0.25, 0.3) is 0 Å². The van der Waals surface area contributed by atoms with Gasteiger partial charge in [-0.1, -0.05) is 38.6 Å². The van der Waals surface area contributed by atoms with E-state index < -0.39 is 11.0 Å². The number of amides is 1. The van der Waals surface area contributed by atoms with Crippen molar-refractivity contribution in [2.45, 2.75) is 70.1 Å². The first kappa shape index (κ1) is 33.1. The van der Waals surface area contributed by atoms with Gasteiger partial charge in [-0.2, -0.15) is 15.2 Å². The minimum absolute atomic E-state index is 0. The van der Waals surface area contributed by atoms with Crippen LogP contribution in [0.4, 0.5) is 5.82 Å². The quantitative estimate of drug-likeness (QED) is 0.424. The zero-order valence-corrected chi connectivity index (χ0v) is 25.9. The second kappa shape index (κ2) is 15.2. The average molecular weight is 598 g/mol. The molecule has 4 heterocycles. The average Bonchev–Trinajstić information content (AvgIpc) is 3.62. The molecule has 3 aliphatic heterocycles. The van der Waals surface area contributed by atoms with Gasteiger partial charge in [0.1, 0.15) is 23.4 Å². The number of fused-ring (bicyclic) bond motifs is 1. The number of benzene rings is 1. The van der Waals surface area contributed by atoms with Crippen molar-refractivity contribution in [3.8, 4) is 12.1 Å². The lowest BCUT2D eigenvalue weighted by Crippen LogP contribution is -2.55. The van der Waals surface area contributed by atoms with E-state index in [0.29, 0.717) is 51.4 Å². The molecule has 0 spiro atoms. The van der Waals surface area contributed by atoms with Crippen molar-refractivity contribution in [3.63, 3.8) is 0 Å². The smallest absolute Gasteiger partial charge is 0.318 e. The van der Waals surface area contributed by atoms with Gasteiger partial charge in [0, 0.05) is 37.8 Å². The standard InChI is InChI=1S/C28H35N7O3S.C2H6.H2O/c1-4-26(36)35-15-14-33(16-21(35)11-12-29)27-23-17-34(39(37)25-10-6-5-8-20(25)2)18-24(23)30-28(31-27)38-19-22-9-7-13-32(22)3;1-2;/h4-6,8,10,21-22H,1,7,9,11,13-19H2,2-3H3;1-2H3;1H2/t21-,22-,39?;;/m0../s1. The maximum Gasteiger partial charge on any atom is 0.318 e. The van der Waals surface area contributed by atoms with Gasteiger partial charge in [-0.05, 0) is 51.1 Å². The molecule has 42 heavy (non-hydrogen) atoms. The van der Waals surface area contributed by atoms with Gasteiger partial charge in [0.2, 0.25) is 5.91 Å². The Morgan fingerprint density at radius 2 is 1.95 bits per heavy atom. The van der Waals surface area contributed by atoms with Crippen molar-refractivity contribution < 1.29 is 19.2 Å². The number of aryl methyl sites for hydroxylation is 1. The van der Waals surface area contributed by atoms with Crippen LogP contribution in [0.1, 0.15) is 49.9 Å². The van der Waals surface area contributed by atoms with E-state index in [4.69, 9.17) is 14.7 Å². The summed E-state index contributed by atoms with van der Waals surface area (Å²) in [5.74, 6) is 0.556. The summed E-state index contributed by atoms with van der Waals surface area (Å²) in [4.78, 5) is 29.0. The fraction of sp³-hybridized carbons (Fsp3) is 0.533. The van der Waals surface area contributed by atoms with Crippen molar-refractivity contribution in [1.82, 2.24) is 24.1 Å². The number of anilines is 1. The summed E-state index contributed by atoms with van der Waals surface area (Å²) in [6.07, 6.45) is 3.73. The zero-order chi connectivity index (χ0) is 29.5. The molecule has 1 aromatic heterocycles. The van der Waals surface area contributed by atoms with Crippen LogP contribution in [0.3, 0.4) is 0 Å². The number of hydrogen-bond donors (Lipinski definition) is 0. The summed E-state index contributed by atoms with van der Waals surface area (Å²) in [5.41, 5.74) is 2.70. The van der Waals surface area contributed by atoms with Gasteiger partial charge >= 0.3 is 6.01 Å². The molecule has 2 fully saturated rings. The molecule has 0 radical (unpaired) electrons. The maximum atomic E-state index is 13.6. The molecule has 2 saturated heterocycles. The minimum Gasteiger partial charge on any atom is -0.462 e. The van der Waals surface area contributed by atoms with Crippen LogP contribution < -0.4 is 9.64 Å². The van der Waals surface area contributed by atoms with E-state index in [2.05, 4.69) is 29.5 Å². The van der Waals surface area contributed by atoms with E-state index in [-0.39, 0.29) is 23.8 Å². The van der Waals surface area contributed by atoms with Crippen molar-refractivity contribution in [2.75, 3.05) is 44.7 Å². The number of nitriles is 1.